The number of carbonyl (C=O) groups excluding carboxylic acids is 1. The highest BCUT2D eigenvalue weighted by molar-refractivity contribution is 7.66. The van der Waals surface area contributed by atoms with Crippen molar-refractivity contribution < 1.29 is 4.79 Å². The van der Waals surface area contributed by atoms with Crippen molar-refractivity contribution in [1.82, 2.24) is 0 Å². The van der Waals surface area contributed by atoms with E-state index in [1.807, 2.05) is 0 Å². The normalized spacial score (nSPS) is 15.3. The third kappa shape index (κ3) is 3.43. The summed E-state index contributed by atoms with van der Waals surface area (Å²) in [5.41, 5.74) is 5.22. The minimum Gasteiger partial charge on any atom is -0.300 e. The maximum Gasteiger partial charge on any atom is 0.133 e. The standard InChI is InChI=1S/C23H21OP/c24-20-14-16-25(17-15-20)23-21(18-8-3-1-4-9-18)12-7-13-22(23)19-10-5-2-6-11-19/h1-13H,14-17H2. The van der Waals surface area contributed by atoms with Crippen LogP contribution < -0.4 is 5.30 Å². The topological polar surface area (TPSA) is 17.1 Å². The third-order valence-corrected chi connectivity index (χ3v) is 7.48. The van der Waals surface area contributed by atoms with E-state index in [1.54, 1.807) is 0 Å². The number of rotatable bonds is 3. The first kappa shape index (κ1) is 16.2. The van der Waals surface area contributed by atoms with Crippen LogP contribution in [0.2, 0.25) is 0 Å². The number of hydrogen-bond acceptors (Lipinski definition) is 1. The highest BCUT2D eigenvalue weighted by Crippen LogP contribution is 2.45. The molecule has 0 bridgehead atoms. The van der Waals surface area contributed by atoms with Crippen LogP contribution in [0.3, 0.4) is 0 Å². The summed E-state index contributed by atoms with van der Waals surface area (Å²) in [6.07, 6.45) is 3.53. The van der Waals surface area contributed by atoms with Crippen molar-refractivity contribution in [2.24, 2.45) is 0 Å². The molecule has 4 rings (SSSR count). The van der Waals surface area contributed by atoms with Crippen molar-refractivity contribution in [2.75, 3.05) is 12.3 Å². The SMILES string of the molecule is O=C1CCP(c2c(-c3ccccc3)cccc2-c2ccccc2)CC1. The first-order valence-corrected chi connectivity index (χ1v) is 10.5. The summed E-state index contributed by atoms with van der Waals surface area (Å²) in [5, 5.41) is 1.47. The second-order valence-electron chi connectivity index (χ2n) is 6.46. The molecule has 0 unspecified atom stereocenters. The van der Waals surface area contributed by atoms with Gasteiger partial charge in [0.2, 0.25) is 0 Å². The predicted molar refractivity (Wildman–Crippen MR) is 108 cm³/mol. The molecule has 3 aromatic rings. The van der Waals surface area contributed by atoms with E-state index in [4.69, 9.17) is 0 Å². The lowest BCUT2D eigenvalue weighted by molar-refractivity contribution is -0.118. The van der Waals surface area contributed by atoms with E-state index in [0.717, 1.165) is 25.2 Å². The fourth-order valence-corrected chi connectivity index (χ4v) is 6.36. The van der Waals surface area contributed by atoms with Crippen LogP contribution in [0.5, 0.6) is 0 Å². The highest BCUT2D eigenvalue weighted by atomic mass is 31.1. The Hall–Kier alpha value is -2.24. The van der Waals surface area contributed by atoms with Gasteiger partial charge in [-0.2, -0.15) is 0 Å². The van der Waals surface area contributed by atoms with Crippen LogP contribution in [0, 0.1) is 0 Å². The van der Waals surface area contributed by atoms with E-state index in [9.17, 15) is 4.79 Å². The number of hydrogen-bond donors (Lipinski definition) is 0. The van der Waals surface area contributed by atoms with Gasteiger partial charge in [0.1, 0.15) is 5.78 Å². The van der Waals surface area contributed by atoms with Crippen LogP contribution in [0.25, 0.3) is 22.3 Å². The lowest BCUT2D eigenvalue weighted by Crippen LogP contribution is -2.20. The monoisotopic (exact) mass is 344 g/mol. The molecule has 0 N–H and O–H groups in total. The molecule has 0 radical (unpaired) electrons. The molecule has 0 spiro atoms. The molecule has 0 aliphatic carbocycles. The molecule has 1 aliphatic rings. The number of carbonyl (C=O) groups is 1. The summed E-state index contributed by atoms with van der Waals surface area (Å²) in [7, 11) is -0.303. The van der Waals surface area contributed by atoms with Gasteiger partial charge in [0.25, 0.3) is 0 Å². The van der Waals surface area contributed by atoms with Crippen molar-refractivity contribution in [2.45, 2.75) is 12.8 Å². The number of Topliss-reactive ketones (excluding diaryl/α,β-unsaturated/α-hetero) is 1. The molecule has 0 amide bonds. The van der Waals surface area contributed by atoms with Gasteiger partial charge in [-0.25, -0.2) is 0 Å². The molecule has 1 aliphatic heterocycles. The Morgan fingerprint density at radius 2 is 1.08 bits per heavy atom. The lowest BCUT2D eigenvalue weighted by Gasteiger charge is -2.27. The first-order valence-electron chi connectivity index (χ1n) is 8.83. The van der Waals surface area contributed by atoms with Crippen LogP contribution in [-0.4, -0.2) is 18.1 Å². The van der Waals surface area contributed by atoms with Gasteiger partial charge in [-0.1, -0.05) is 86.8 Å². The van der Waals surface area contributed by atoms with E-state index in [0.29, 0.717) is 5.78 Å². The fourth-order valence-electron chi connectivity index (χ4n) is 3.57. The fraction of sp³-hybridized carbons (Fsp3) is 0.174. The quantitative estimate of drug-likeness (QED) is 0.574. The molecule has 0 atom stereocenters. The highest BCUT2D eigenvalue weighted by Gasteiger charge is 2.25. The molecule has 0 saturated carbocycles. The molecule has 3 aromatic carbocycles. The maximum absolute atomic E-state index is 11.8. The van der Waals surface area contributed by atoms with E-state index in [2.05, 4.69) is 78.9 Å². The van der Waals surface area contributed by atoms with Crippen molar-refractivity contribution in [3.8, 4) is 22.3 Å². The Balaban J connectivity index is 1.89. The largest absolute Gasteiger partial charge is 0.300 e. The minimum absolute atomic E-state index is 0.303. The van der Waals surface area contributed by atoms with Crippen LogP contribution in [-0.2, 0) is 4.79 Å². The molecule has 124 valence electrons. The number of ketones is 1. The van der Waals surface area contributed by atoms with Crippen molar-refractivity contribution in [3.05, 3.63) is 78.9 Å². The summed E-state index contributed by atoms with van der Waals surface area (Å²) in [4.78, 5) is 11.8. The zero-order chi connectivity index (χ0) is 17.1. The average molecular weight is 344 g/mol. The van der Waals surface area contributed by atoms with Crippen molar-refractivity contribution >= 4 is 19.0 Å². The van der Waals surface area contributed by atoms with Crippen LogP contribution >= 0.6 is 7.92 Å². The Kier molecular flexibility index (Phi) is 4.76. The minimum atomic E-state index is -0.303. The van der Waals surface area contributed by atoms with Gasteiger partial charge in [-0.05, 0) is 39.9 Å². The Bertz CT molecular complexity index is 803. The zero-order valence-electron chi connectivity index (χ0n) is 14.2. The Labute approximate surface area is 150 Å². The van der Waals surface area contributed by atoms with Gasteiger partial charge in [-0.3, -0.25) is 4.79 Å². The smallest absolute Gasteiger partial charge is 0.133 e. The van der Waals surface area contributed by atoms with E-state index < -0.39 is 0 Å². The molecule has 1 heterocycles. The van der Waals surface area contributed by atoms with E-state index in [-0.39, 0.29) is 7.92 Å². The predicted octanol–water partition coefficient (Wildman–Crippen LogP) is 5.49. The van der Waals surface area contributed by atoms with Crippen LogP contribution in [0.4, 0.5) is 0 Å². The summed E-state index contributed by atoms with van der Waals surface area (Å²) in [6, 6.07) is 28.0. The first-order chi connectivity index (χ1) is 12.3. The second kappa shape index (κ2) is 7.33. The summed E-state index contributed by atoms with van der Waals surface area (Å²) in [5.74, 6) is 0.428. The molecular formula is C23H21OP. The van der Waals surface area contributed by atoms with Gasteiger partial charge in [0.05, 0.1) is 0 Å². The number of benzene rings is 3. The Morgan fingerprint density at radius 3 is 1.56 bits per heavy atom. The molecular weight excluding hydrogens is 323 g/mol. The summed E-state index contributed by atoms with van der Waals surface area (Å²) >= 11 is 0. The molecule has 1 saturated heterocycles. The van der Waals surface area contributed by atoms with Crippen LogP contribution in [0.1, 0.15) is 12.8 Å². The van der Waals surface area contributed by atoms with Crippen molar-refractivity contribution in [3.63, 3.8) is 0 Å². The molecule has 2 heteroatoms. The van der Waals surface area contributed by atoms with E-state index >= 15 is 0 Å². The average Bonchev–Trinajstić information content (AvgIpc) is 2.69. The van der Waals surface area contributed by atoms with Gasteiger partial charge in [-0.15, -0.1) is 0 Å². The maximum atomic E-state index is 11.8. The van der Waals surface area contributed by atoms with Crippen molar-refractivity contribution in [1.29, 1.82) is 0 Å². The lowest BCUT2D eigenvalue weighted by atomic mass is 9.99. The van der Waals surface area contributed by atoms with E-state index in [1.165, 1.54) is 27.6 Å². The van der Waals surface area contributed by atoms with Gasteiger partial charge in [0, 0.05) is 12.8 Å². The van der Waals surface area contributed by atoms with Crippen LogP contribution in [0.15, 0.2) is 78.9 Å². The van der Waals surface area contributed by atoms with Gasteiger partial charge >= 0.3 is 0 Å². The third-order valence-electron chi connectivity index (χ3n) is 4.84. The second-order valence-corrected chi connectivity index (χ2v) is 8.88. The summed E-state index contributed by atoms with van der Waals surface area (Å²) < 4.78 is 0. The molecule has 1 nitrogen and oxygen atoms in total. The zero-order valence-corrected chi connectivity index (χ0v) is 15.1. The Morgan fingerprint density at radius 1 is 0.600 bits per heavy atom. The summed E-state index contributed by atoms with van der Waals surface area (Å²) in [6.45, 7) is 0. The van der Waals surface area contributed by atoms with Gasteiger partial charge in [0.15, 0.2) is 0 Å². The molecule has 0 aromatic heterocycles. The molecule has 1 fully saturated rings. The van der Waals surface area contributed by atoms with Gasteiger partial charge < -0.3 is 0 Å². The molecule has 25 heavy (non-hydrogen) atoms.